The quantitative estimate of drug-likeness (QED) is 0.514. The van der Waals surface area contributed by atoms with Crippen LogP contribution in [0.2, 0.25) is 0 Å². The second-order valence-electron chi connectivity index (χ2n) is 3.40. The molecule has 0 saturated heterocycles. The maximum absolute atomic E-state index is 11.4. The van der Waals surface area contributed by atoms with E-state index in [0.717, 1.165) is 5.52 Å². The van der Waals surface area contributed by atoms with Crippen LogP contribution in [0.3, 0.4) is 0 Å². The SMILES string of the molecule is N#CCNC(=O)C(=O)Nc1nc2ccccc2[nH]1. The molecule has 2 aromatic rings. The van der Waals surface area contributed by atoms with E-state index in [1.165, 1.54) is 0 Å². The molecule has 2 amide bonds. The van der Waals surface area contributed by atoms with E-state index in [1.54, 1.807) is 18.2 Å². The highest BCUT2D eigenvalue weighted by Crippen LogP contribution is 2.12. The highest BCUT2D eigenvalue weighted by atomic mass is 16.2. The molecular formula is C11H9N5O2. The summed E-state index contributed by atoms with van der Waals surface area (Å²) < 4.78 is 0. The smallest absolute Gasteiger partial charge is 0.316 e. The molecule has 3 N–H and O–H groups in total. The molecule has 18 heavy (non-hydrogen) atoms. The Hall–Kier alpha value is -2.88. The van der Waals surface area contributed by atoms with Crippen molar-refractivity contribution in [2.24, 2.45) is 0 Å². The molecule has 0 aliphatic carbocycles. The third-order valence-electron chi connectivity index (χ3n) is 2.16. The zero-order valence-electron chi connectivity index (χ0n) is 9.23. The number of nitriles is 1. The Morgan fingerprint density at radius 2 is 2.11 bits per heavy atom. The number of hydrogen-bond acceptors (Lipinski definition) is 4. The molecule has 0 saturated carbocycles. The van der Waals surface area contributed by atoms with Gasteiger partial charge in [0.05, 0.1) is 17.1 Å². The number of aromatic nitrogens is 2. The van der Waals surface area contributed by atoms with Crippen molar-refractivity contribution in [2.45, 2.75) is 0 Å². The van der Waals surface area contributed by atoms with E-state index in [-0.39, 0.29) is 12.5 Å². The zero-order chi connectivity index (χ0) is 13.0. The van der Waals surface area contributed by atoms with Gasteiger partial charge in [-0.2, -0.15) is 5.26 Å². The topological polar surface area (TPSA) is 111 Å². The lowest BCUT2D eigenvalue weighted by Gasteiger charge is -2.00. The number of amides is 2. The fourth-order valence-electron chi connectivity index (χ4n) is 1.38. The van der Waals surface area contributed by atoms with Crippen molar-refractivity contribution in [3.8, 4) is 6.07 Å². The predicted molar refractivity (Wildman–Crippen MR) is 63.3 cm³/mol. The number of anilines is 1. The molecule has 7 nitrogen and oxygen atoms in total. The Morgan fingerprint density at radius 3 is 2.83 bits per heavy atom. The monoisotopic (exact) mass is 243 g/mol. The number of imidazole rings is 1. The molecule has 1 heterocycles. The molecule has 0 aliphatic rings. The lowest BCUT2D eigenvalue weighted by atomic mass is 10.3. The van der Waals surface area contributed by atoms with Crippen LogP contribution in [0.15, 0.2) is 24.3 Å². The van der Waals surface area contributed by atoms with Gasteiger partial charge in [0, 0.05) is 0 Å². The maximum atomic E-state index is 11.4. The second kappa shape index (κ2) is 4.97. The maximum Gasteiger partial charge on any atom is 0.316 e. The van der Waals surface area contributed by atoms with Crippen molar-refractivity contribution in [1.29, 1.82) is 5.26 Å². The normalized spacial score (nSPS) is 9.72. The third kappa shape index (κ3) is 2.44. The van der Waals surface area contributed by atoms with Crippen LogP contribution in [-0.4, -0.2) is 28.3 Å². The highest BCUT2D eigenvalue weighted by molar-refractivity contribution is 6.39. The molecule has 2 rings (SSSR count). The minimum absolute atomic E-state index is 0.188. The van der Waals surface area contributed by atoms with Crippen molar-refractivity contribution in [3.63, 3.8) is 0 Å². The van der Waals surface area contributed by atoms with E-state index < -0.39 is 11.8 Å². The Kier molecular flexibility index (Phi) is 3.20. The summed E-state index contributed by atoms with van der Waals surface area (Å²) in [7, 11) is 0. The molecule has 1 aromatic heterocycles. The van der Waals surface area contributed by atoms with Crippen molar-refractivity contribution in [3.05, 3.63) is 24.3 Å². The van der Waals surface area contributed by atoms with Gasteiger partial charge in [-0.15, -0.1) is 0 Å². The molecule has 0 fully saturated rings. The van der Waals surface area contributed by atoms with Crippen LogP contribution in [0.1, 0.15) is 0 Å². The van der Waals surface area contributed by atoms with Crippen LogP contribution in [0.4, 0.5) is 5.95 Å². The molecule has 0 atom stereocenters. The average Bonchev–Trinajstić information content (AvgIpc) is 2.77. The molecule has 7 heteroatoms. The van der Waals surface area contributed by atoms with Gasteiger partial charge in [-0.25, -0.2) is 4.98 Å². The summed E-state index contributed by atoms with van der Waals surface area (Å²) in [6.45, 7) is -0.216. The number of carbonyl (C=O) groups excluding carboxylic acids is 2. The van der Waals surface area contributed by atoms with E-state index in [2.05, 4.69) is 20.6 Å². The molecule has 1 aromatic carbocycles. The van der Waals surface area contributed by atoms with Crippen molar-refractivity contribution in [2.75, 3.05) is 11.9 Å². The van der Waals surface area contributed by atoms with Crippen LogP contribution >= 0.6 is 0 Å². The van der Waals surface area contributed by atoms with Crippen molar-refractivity contribution >= 4 is 28.8 Å². The van der Waals surface area contributed by atoms with Crippen LogP contribution < -0.4 is 10.6 Å². The first-order chi connectivity index (χ1) is 8.70. The number of nitrogens with zero attached hydrogens (tertiary/aromatic N) is 2. The van der Waals surface area contributed by atoms with Gasteiger partial charge < -0.3 is 10.3 Å². The standard InChI is InChI=1S/C11H9N5O2/c12-5-6-13-9(17)10(18)16-11-14-7-3-1-2-4-8(7)15-11/h1-4H,6H2,(H,13,17)(H2,14,15,16,18). The Morgan fingerprint density at radius 1 is 1.33 bits per heavy atom. The molecule has 0 radical (unpaired) electrons. The fraction of sp³-hybridized carbons (Fsp3) is 0.0909. The lowest BCUT2D eigenvalue weighted by molar-refractivity contribution is -0.136. The van der Waals surface area contributed by atoms with Gasteiger partial charge in [0.15, 0.2) is 0 Å². The van der Waals surface area contributed by atoms with Gasteiger partial charge >= 0.3 is 11.8 Å². The Bertz CT molecular complexity index is 607. The van der Waals surface area contributed by atoms with E-state index >= 15 is 0 Å². The number of carbonyl (C=O) groups is 2. The van der Waals surface area contributed by atoms with E-state index in [4.69, 9.17) is 5.26 Å². The summed E-state index contributed by atoms with van der Waals surface area (Å²) >= 11 is 0. The first-order valence-corrected chi connectivity index (χ1v) is 5.11. The van der Waals surface area contributed by atoms with Gasteiger partial charge in [-0.05, 0) is 12.1 Å². The molecule has 0 aliphatic heterocycles. The van der Waals surface area contributed by atoms with E-state index in [9.17, 15) is 9.59 Å². The van der Waals surface area contributed by atoms with Gasteiger partial charge in [0.25, 0.3) is 0 Å². The fourth-order valence-corrected chi connectivity index (χ4v) is 1.38. The van der Waals surface area contributed by atoms with Crippen LogP contribution in [-0.2, 0) is 9.59 Å². The highest BCUT2D eigenvalue weighted by Gasteiger charge is 2.14. The van der Waals surface area contributed by atoms with Gasteiger partial charge in [-0.1, -0.05) is 12.1 Å². The van der Waals surface area contributed by atoms with E-state index in [0.29, 0.717) is 5.52 Å². The molecule has 0 unspecified atom stereocenters. The Labute approximate surface area is 102 Å². The number of benzene rings is 1. The molecular weight excluding hydrogens is 234 g/mol. The summed E-state index contributed by atoms with van der Waals surface area (Å²) in [5.74, 6) is -1.56. The van der Waals surface area contributed by atoms with Crippen LogP contribution in [0.25, 0.3) is 11.0 Å². The first-order valence-electron chi connectivity index (χ1n) is 5.11. The lowest BCUT2D eigenvalue weighted by Crippen LogP contribution is -2.35. The largest absolute Gasteiger partial charge is 0.335 e. The zero-order valence-corrected chi connectivity index (χ0v) is 9.23. The summed E-state index contributed by atoms with van der Waals surface area (Å²) in [5, 5.41) is 12.7. The number of fused-ring (bicyclic) bond motifs is 1. The third-order valence-corrected chi connectivity index (χ3v) is 2.16. The Balaban J connectivity index is 2.07. The summed E-state index contributed by atoms with van der Waals surface area (Å²) in [6.07, 6.45) is 0. The molecule has 0 spiro atoms. The molecule has 0 bridgehead atoms. The minimum atomic E-state index is -0.878. The number of aromatic amines is 1. The van der Waals surface area contributed by atoms with Gasteiger partial charge in [-0.3, -0.25) is 14.9 Å². The second-order valence-corrected chi connectivity index (χ2v) is 3.40. The first kappa shape index (κ1) is 11.6. The number of rotatable bonds is 2. The minimum Gasteiger partial charge on any atom is -0.335 e. The number of nitrogens with one attached hydrogen (secondary N) is 3. The van der Waals surface area contributed by atoms with E-state index in [1.807, 2.05) is 12.1 Å². The van der Waals surface area contributed by atoms with Crippen LogP contribution in [0.5, 0.6) is 0 Å². The van der Waals surface area contributed by atoms with Crippen molar-refractivity contribution < 1.29 is 9.59 Å². The summed E-state index contributed by atoms with van der Waals surface area (Å²) in [4.78, 5) is 29.5. The number of hydrogen-bond donors (Lipinski definition) is 3. The van der Waals surface area contributed by atoms with Crippen LogP contribution in [0, 0.1) is 11.3 Å². The van der Waals surface area contributed by atoms with Crippen molar-refractivity contribution in [1.82, 2.24) is 15.3 Å². The number of H-pyrrole nitrogens is 1. The predicted octanol–water partition coefficient (Wildman–Crippen LogP) is 0.141. The van der Waals surface area contributed by atoms with Gasteiger partial charge in [0.1, 0.15) is 6.54 Å². The molecule has 90 valence electrons. The average molecular weight is 243 g/mol. The summed E-state index contributed by atoms with van der Waals surface area (Å²) in [6, 6.07) is 8.92. The summed E-state index contributed by atoms with van der Waals surface area (Å²) in [5.41, 5.74) is 1.44. The van der Waals surface area contributed by atoms with Gasteiger partial charge in [0.2, 0.25) is 5.95 Å². The number of para-hydroxylation sites is 2.